The second kappa shape index (κ2) is 11.1. The SMILES string of the molecule is C=CC1=C(C(=O)OCOC(=O)C(C)(C)C)N2C(=O)C(NC(=O)C(=NOCC)c3csc(N)n3)[C@H]2SC1. The Bertz CT molecular complexity index is 1140. The maximum absolute atomic E-state index is 13.0. The summed E-state index contributed by atoms with van der Waals surface area (Å²) >= 11 is 2.48. The molecule has 1 aromatic rings. The zero-order chi connectivity index (χ0) is 26.6. The first-order valence-corrected chi connectivity index (χ1v) is 12.8. The molecule has 1 aromatic heterocycles. The minimum absolute atomic E-state index is 0.00783. The van der Waals surface area contributed by atoms with Gasteiger partial charge in [-0.1, -0.05) is 17.8 Å². The van der Waals surface area contributed by atoms with Gasteiger partial charge in [0.1, 0.15) is 29.4 Å². The predicted octanol–water partition coefficient (Wildman–Crippen LogP) is 1.40. The van der Waals surface area contributed by atoms with Crippen LogP contribution in [-0.4, -0.2) is 69.9 Å². The second-order valence-corrected chi connectivity index (χ2v) is 10.6. The first-order valence-electron chi connectivity index (χ1n) is 10.9. The summed E-state index contributed by atoms with van der Waals surface area (Å²) in [6.45, 7) is 10.0. The lowest BCUT2D eigenvalue weighted by Gasteiger charge is -2.49. The lowest BCUT2D eigenvalue weighted by Crippen LogP contribution is -2.71. The van der Waals surface area contributed by atoms with E-state index in [9.17, 15) is 19.2 Å². The molecule has 0 radical (unpaired) electrons. The van der Waals surface area contributed by atoms with Crippen LogP contribution in [0.1, 0.15) is 33.4 Å². The van der Waals surface area contributed by atoms with Crippen molar-refractivity contribution in [2.75, 3.05) is 24.9 Å². The molecule has 1 saturated heterocycles. The molecule has 0 bridgehead atoms. The number of anilines is 1. The number of nitrogen functional groups attached to an aromatic ring is 1. The lowest BCUT2D eigenvalue weighted by atomic mass is 9.98. The Kier molecular flexibility index (Phi) is 8.40. The summed E-state index contributed by atoms with van der Waals surface area (Å²) < 4.78 is 10.1. The number of rotatable bonds is 9. The number of thiazole rings is 1. The van der Waals surface area contributed by atoms with Crippen molar-refractivity contribution in [1.29, 1.82) is 0 Å². The van der Waals surface area contributed by atoms with E-state index >= 15 is 0 Å². The monoisotopic (exact) mass is 537 g/mol. The van der Waals surface area contributed by atoms with Crippen molar-refractivity contribution in [1.82, 2.24) is 15.2 Å². The molecule has 0 saturated carbocycles. The third-order valence-electron chi connectivity index (χ3n) is 4.98. The molecule has 0 aromatic carbocycles. The van der Waals surface area contributed by atoms with E-state index < -0.39 is 47.4 Å². The minimum Gasteiger partial charge on any atom is -0.427 e. The first kappa shape index (κ1) is 27.2. The molecule has 1 fully saturated rings. The van der Waals surface area contributed by atoms with E-state index in [2.05, 4.69) is 22.0 Å². The second-order valence-electron chi connectivity index (χ2n) is 8.60. The Balaban J connectivity index is 1.71. The fourth-order valence-corrected chi connectivity index (χ4v) is 5.04. The molecule has 1 unspecified atom stereocenters. The summed E-state index contributed by atoms with van der Waals surface area (Å²) in [6.07, 6.45) is 1.46. The lowest BCUT2D eigenvalue weighted by molar-refractivity contribution is -0.173. The number of amides is 2. The summed E-state index contributed by atoms with van der Waals surface area (Å²) in [5.41, 5.74) is 5.47. The van der Waals surface area contributed by atoms with Gasteiger partial charge in [0.2, 0.25) is 6.79 Å². The molecule has 2 atom stereocenters. The van der Waals surface area contributed by atoms with E-state index in [4.69, 9.17) is 20.0 Å². The average molecular weight is 538 g/mol. The summed E-state index contributed by atoms with van der Waals surface area (Å²) in [4.78, 5) is 61.0. The molecule has 3 heterocycles. The number of ether oxygens (including phenoxy) is 2. The Morgan fingerprint density at radius 1 is 1.36 bits per heavy atom. The van der Waals surface area contributed by atoms with Gasteiger partial charge in [-0.3, -0.25) is 19.3 Å². The quantitative estimate of drug-likeness (QED) is 0.155. The topological polar surface area (TPSA) is 163 Å². The minimum atomic E-state index is -0.932. The van der Waals surface area contributed by atoms with Crippen molar-refractivity contribution in [3.05, 3.63) is 35.0 Å². The van der Waals surface area contributed by atoms with Crippen LogP contribution in [0.5, 0.6) is 0 Å². The van der Waals surface area contributed by atoms with Gasteiger partial charge in [0.25, 0.3) is 11.8 Å². The first-order chi connectivity index (χ1) is 17.0. The number of aromatic nitrogens is 1. The maximum Gasteiger partial charge on any atom is 0.358 e. The zero-order valence-electron chi connectivity index (χ0n) is 20.2. The Morgan fingerprint density at radius 2 is 2.08 bits per heavy atom. The molecule has 194 valence electrons. The molecule has 3 N–H and O–H groups in total. The highest BCUT2D eigenvalue weighted by molar-refractivity contribution is 8.00. The molecular formula is C22H27N5O7S2. The van der Waals surface area contributed by atoms with Gasteiger partial charge in [0.15, 0.2) is 10.8 Å². The Morgan fingerprint density at radius 3 is 2.67 bits per heavy atom. The molecule has 2 amide bonds. The predicted molar refractivity (Wildman–Crippen MR) is 133 cm³/mol. The Labute approximate surface area is 215 Å². The molecule has 2 aliphatic rings. The van der Waals surface area contributed by atoms with Crippen LogP contribution in [0.25, 0.3) is 0 Å². The van der Waals surface area contributed by atoms with Crippen LogP contribution in [0.4, 0.5) is 5.13 Å². The van der Waals surface area contributed by atoms with Gasteiger partial charge in [0, 0.05) is 11.1 Å². The van der Waals surface area contributed by atoms with Gasteiger partial charge in [-0.2, -0.15) is 0 Å². The highest BCUT2D eigenvalue weighted by atomic mass is 32.2. The number of nitrogens with one attached hydrogen (secondary N) is 1. The molecule has 0 aliphatic carbocycles. The fourth-order valence-electron chi connectivity index (χ4n) is 3.15. The number of nitrogens with two attached hydrogens (primary N) is 1. The molecule has 14 heteroatoms. The van der Waals surface area contributed by atoms with E-state index in [1.54, 1.807) is 33.1 Å². The third kappa shape index (κ3) is 5.70. The van der Waals surface area contributed by atoms with Crippen molar-refractivity contribution in [3.63, 3.8) is 0 Å². The molecule has 12 nitrogen and oxygen atoms in total. The van der Waals surface area contributed by atoms with Crippen molar-refractivity contribution in [3.8, 4) is 0 Å². The van der Waals surface area contributed by atoms with Gasteiger partial charge >= 0.3 is 11.9 Å². The van der Waals surface area contributed by atoms with Gasteiger partial charge in [-0.25, -0.2) is 9.78 Å². The van der Waals surface area contributed by atoms with Gasteiger partial charge in [-0.15, -0.1) is 23.1 Å². The van der Waals surface area contributed by atoms with Crippen LogP contribution in [0, 0.1) is 5.41 Å². The number of fused-ring (bicyclic) bond motifs is 1. The molecule has 0 spiro atoms. The highest BCUT2D eigenvalue weighted by Crippen LogP contribution is 2.41. The summed E-state index contributed by atoms with van der Waals surface area (Å²) in [5, 5.41) is 7.69. The van der Waals surface area contributed by atoms with Crippen molar-refractivity contribution >= 4 is 57.7 Å². The van der Waals surface area contributed by atoms with Crippen molar-refractivity contribution < 1.29 is 33.5 Å². The summed E-state index contributed by atoms with van der Waals surface area (Å²) in [6, 6.07) is -0.932. The smallest absolute Gasteiger partial charge is 0.358 e. The fraction of sp³-hybridized carbons (Fsp3) is 0.455. The zero-order valence-corrected chi connectivity index (χ0v) is 21.9. The molecular weight excluding hydrogens is 510 g/mol. The number of oxime groups is 1. The number of hydrogen-bond donors (Lipinski definition) is 2. The van der Waals surface area contributed by atoms with E-state index in [-0.39, 0.29) is 28.8 Å². The van der Waals surface area contributed by atoms with Crippen LogP contribution in [-0.2, 0) is 33.5 Å². The molecule has 3 rings (SSSR count). The van der Waals surface area contributed by atoms with Crippen molar-refractivity contribution in [2.24, 2.45) is 10.6 Å². The molecule has 2 aliphatic heterocycles. The number of allylic oxidation sites excluding steroid dienone is 1. The number of nitrogens with zero attached hydrogens (tertiary/aromatic N) is 3. The van der Waals surface area contributed by atoms with Crippen LogP contribution in [0.2, 0.25) is 0 Å². The van der Waals surface area contributed by atoms with Crippen LogP contribution in [0.3, 0.4) is 0 Å². The summed E-state index contributed by atoms with van der Waals surface area (Å²) in [7, 11) is 0. The highest BCUT2D eigenvalue weighted by Gasteiger charge is 2.54. The van der Waals surface area contributed by atoms with Crippen LogP contribution in [0.15, 0.2) is 34.5 Å². The normalized spacial score (nSPS) is 19.7. The van der Waals surface area contributed by atoms with Crippen LogP contribution < -0.4 is 11.1 Å². The van der Waals surface area contributed by atoms with E-state index in [0.29, 0.717) is 11.3 Å². The van der Waals surface area contributed by atoms with E-state index in [0.717, 1.165) is 11.3 Å². The number of hydrogen-bond acceptors (Lipinski definition) is 12. The standard InChI is InChI=1S/C22H27N5O7S2/c1-6-11-8-35-18-14(25-16(28)13(26-34-7-2)12-9-36-21(23)24-12)17(29)27(18)15(11)19(30)32-10-33-20(31)22(3,4)5/h6,9,14,18H,1,7-8,10H2,2-5H3,(H2,23,24)(H,25,28)/t14?,18-/m1/s1. The maximum atomic E-state index is 13.0. The van der Waals surface area contributed by atoms with Gasteiger partial charge in [0.05, 0.1) is 5.41 Å². The average Bonchev–Trinajstić information content (AvgIpc) is 3.26. The third-order valence-corrected chi connectivity index (χ3v) is 6.96. The number of carbonyl (C=O) groups is 4. The van der Waals surface area contributed by atoms with Crippen LogP contribution >= 0.6 is 23.1 Å². The van der Waals surface area contributed by atoms with Gasteiger partial charge in [-0.05, 0) is 33.3 Å². The summed E-state index contributed by atoms with van der Waals surface area (Å²) in [5.74, 6) is -2.23. The number of thioether (sulfide) groups is 1. The number of β-lactam (4-membered cyclic amide) rings is 1. The Hall–Kier alpha value is -3.39. The van der Waals surface area contributed by atoms with Crippen molar-refractivity contribution in [2.45, 2.75) is 39.1 Å². The van der Waals surface area contributed by atoms with E-state index in [1.807, 2.05) is 0 Å². The van der Waals surface area contributed by atoms with E-state index in [1.165, 1.54) is 22.7 Å². The number of esters is 2. The largest absolute Gasteiger partial charge is 0.427 e. The molecule has 36 heavy (non-hydrogen) atoms. The van der Waals surface area contributed by atoms with Gasteiger partial charge < -0.3 is 25.4 Å². The number of carbonyl (C=O) groups excluding carboxylic acids is 4.